The minimum Gasteiger partial charge on any atom is -0.355 e. The van der Waals surface area contributed by atoms with E-state index in [1.54, 1.807) is 31.2 Å². The molecule has 6 nitrogen and oxygen atoms in total. The first-order valence-electron chi connectivity index (χ1n) is 8.98. The normalized spacial score (nSPS) is 30.9. The average Bonchev–Trinajstić information content (AvgIpc) is 2.97. The summed E-state index contributed by atoms with van der Waals surface area (Å²) in [5.41, 5.74) is 0.0985. The molecule has 1 saturated carbocycles. The number of para-hydroxylation sites is 1. The van der Waals surface area contributed by atoms with E-state index in [2.05, 4.69) is 15.5 Å². The summed E-state index contributed by atoms with van der Waals surface area (Å²) in [6.07, 6.45) is 2.43. The first-order chi connectivity index (χ1) is 12.0. The number of hydrogen-bond acceptors (Lipinski definition) is 4. The fraction of sp³-hybridized carbons (Fsp3) is 0.526. The summed E-state index contributed by atoms with van der Waals surface area (Å²) < 4.78 is 0. The number of amides is 2. The number of nitrogens with one attached hydrogen (secondary N) is 2. The van der Waals surface area contributed by atoms with Gasteiger partial charge in [-0.1, -0.05) is 19.1 Å². The third-order valence-electron chi connectivity index (χ3n) is 5.93. The number of nitrogens with zero attached hydrogens (tertiary/aromatic N) is 1. The van der Waals surface area contributed by atoms with E-state index in [1.807, 2.05) is 0 Å². The van der Waals surface area contributed by atoms with Crippen LogP contribution in [0.3, 0.4) is 0 Å². The summed E-state index contributed by atoms with van der Waals surface area (Å²) in [6.45, 7) is 5.29. The van der Waals surface area contributed by atoms with Crippen LogP contribution in [0.1, 0.15) is 30.1 Å². The Labute approximate surface area is 147 Å². The van der Waals surface area contributed by atoms with Crippen molar-refractivity contribution in [2.24, 2.45) is 17.3 Å². The van der Waals surface area contributed by atoms with Gasteiger partial charge in [-0.15, -0.1) is 0 Å². The van der Waals surface area contributed by atoms with Gasteiger partial charge in [0.1, 0.15) is 0 Å². The molecule has 1 aromatic rings. The monoisotopic (exact) mass is 341 g/mol. The van der Waals surface area contributed by atoms with Crippen molar-refractivity contribution in [3.05, 3.63) is 29.8 Å². The molecule has 4 rings (SSSR count). The number of benzene rings is 1. The predicted octanol–water partition coefficient (Wildman–Crippen LogP) is 1.29. The summed E-state index contributed by atoms with van der Waals surface area (Å²) >= 11 is 0. The standard InChI is InChI=1S/C19H23N3O3/c1-19-14(17(24)20-8-11-22-9-4-5-10-22)15(19)18(25)21-13-7-3-2-6-12(13)16(19)23/h2-3,6-7,14-15H,4-5,8-11H2,1H3,(H,20,24)(H,21,25)/t14-,15+,19+/m0/s1. The Bertz CT molecular complexity index is 741. The third-order valence-corrected chi connectivity index (χ3v) is 5.93. The van der Waals surface area contributed by atoms with Gasteiger partial charge in [-0.25, -0.2) is 0 Å². The van der Waals surface area contributed by atoms with Crippen molar-refractivity contribution in [1.82, 2.24) is 10.2 Å². The Morgan fingerprint density at radius 1 is 1.28 bits per heavy atom. The molecule has 25 heavy (non-hydrogen) atoms. The van der Waals surface area contributed by atoms with E-state index in [0.717, 1.165) is 19.6 Å². The van der Waals surface area contributed by atoms with Crippen LogP contribution in [0.2, 0.25) is 0 Å². The highest BCUT2D eigenvalue weighted by Crippen LogP contribution is 2.62. The van der Waals surface area contributed by atoms with E-state index in [1.165, 1.54) is 12.8 Å². The summed E-state index contributed by atoms with van der Waals surface area (Å²) in [5, 5.41) is 5.73. The van der Waals surface area contributed by atoms with E-state index < -0.39 is 17.3 Å². The van der Waals surface area contributed by atoms with Gasteiger partial charge in [0.25, 0.3) is 0 Å². The van der Waals surface area contributed by atoms with Gasteiger partial charge in [0.15, 0.2) is 5.78 Å². The molecule has 0 unspecified atom stereocenters. The van der Waals surface area contributed by atoms with Crippen LogP contribution < -0.4 is 10.6 Å². The lowest BCUT2D eigenvalue weighted by molar-refractivity contribution is -0.125. The molecule has 2 fully saturated rings. The Morgan fingerprint density at radius 3 is 2.76 bits per heavy atom. The Morgan fingerprint density at radius 2 is 2.00 bits per heavy atom. The van der Waals surface area contributed by atoms with Crippen LogP contribution in [0, 0.1) is 17.3 Å². The van der Waals surface area contributed by atoms with Crippen LogP contribution in [0.5, 0.6) is 0 Å². The van der Waals surface area contributed by atoms with Crippen molar-refractivity contribution in [3.8, 4) is 0 Å². The van der Waals surface area contributed by atoms with Crippen LogP contribution in [0.4, 0.5) is 5.69 Å². The van der Waals surface area contributed by atoms with E-state index in [9.17, 15) is 14.4 Å². The first kappa shape index (κ1) is 16.3. The van der Waals surface area contributed by atoms with Gasteiger partial charge in [0.2, 0.25) is 11.8 Å². The second-order valence-electron chi connectivity index (χ2n) is 7.44. The number of rotatable bonds is 4. The molecular formula is C19H23N3O3. The molecule has 1 saturated heterocycles. The number of carbonyl (C=O) groups is 3. The third kappa shape index (κ3) is 2.56. The van der Waals surface area contributed by atoms with E-state index in [0.29, 0.717) is 17.8 Å². The van der Waals surface area contributed by atoms with Crippen molar-refractivity contribution >= 4 is 23.3 Å². The van der Waals surface area contributed by atoms with Crippen molar-refractivity contribution in [2.45, 2.75) is 19.8 Å². The van der Waals surface area contributed by atoms with Crippen molar-refractivity contribution in [1.29, 1.82) is 0 Å². The van der Waals surface area contributed by atoms with Gasteiger partial charge in [0, 0.05) is 18.7 Å². The lowest BCUT2D eigenvalue weighted by Crippen LogP contribution is -2.36. The zero-order chi connectivity index (χ0) is 17.6. The summed E-state index contributed by atoms with van der Waals surface area (Å²) in [6, 6.07) is 7.00. The second kappa shape index (κ2) is 5.95. The highest BCUT2D eigenvalue weighted by molar-refractivity contribution is 6.19. The topological polar surface area (TPSA) is 78.5 Å². The maximum Gasteiger partial charge on any atom is 0.229 e. The van der Waals surface area contributed by atoms with Gasteiger partial charge in [-0.3, -0.25) is 14.4 Å². The minimum atomic E-state index is -0.936. The van der Waals surface area contributed by atoms with Crippen molar-refractivity contribution < 1.29 is 14.4 Å². The Kier molecular flexibility index (Phi) is 3.87. The van der Waals surface area contributed by atoms with Gasteiger partial charge >= 0.3 is 0 Å². The molecule has 0 radical (unpaired) electrons. The van der Waals surface area contributed by atoms with Crippen molar-refractivity contribution in [3.63, 3.8) is 0 Å². The second-order valence-corrected chi connectivity index (χ2v) is 7.44. The Hall–Kier alpha value is -2.21. The van der Waals surface area contributed by atoms with E-state index >= 15 is 0 Å². The number of fused-ring (bicyclic) bond motifs is 2. The quantitative estimate of drug-likeness (QED) is 0.865. The zero-order valence-electron chi connectivity index (χ0n) is 14.4. The minimum absolute atomic E-state index is 0.119. The fourth-order valence-electron chi connectivity index (χ4n) is 4.39. The fourth-order valence-corrected chi connectivity index (χ4v) is 4.39. The Balaban J connectivity index is 1.47. The molecule has 2 N–H and O–H groups in total. The lowest BCUT2D eigenvalue weighted by atomic mass is 9.92. The number of anilines is 1. The number of ketones is 1. The van der Waals surface area contributed by atoms with Gasteiger partial charge in [-0.05, 0) is 38.1 Å². The molecule has 3 atom stereocenters. The molecule has 1 aliphatic carbocycles. The molecule has 132 valence electrons. The van der Waals surface area contributed by atoms with Crippen LogP contribution >= 0.6 is 0 Å². The van der Waals surface area contributed by atoms with E-state index in [4.69, 9.17) is 0 Å². The van der Waals surface area contributed by atoms with Gasteiger partial charge in [0.05, 0.1) is 22.9 Å². The van der Waals surface area contributed by atoms with Crippen molar-refractivity contribution in [2.75, 3.05) is 31.5 Å². The predicted molar refractivity (Wildman–Crippen MR) is 93.2 cm³/mol. The maximum absolute atomic E-state index is 13.0. The molecule has 3 aliphatic rings. The molecule has 2 heterocycles. The lowest BCUT2D eigenvalue weighted by Gasteiger charge is -2.16. The van der Waals surface area contributed by atoms with Crippen LogP contribution in [0.25, 0.3) is 0 Å². The molecule has 0 spiro atoms. The summed E-state index contributed by atoms with van der Waals surface area (Å²) in [5.74, 6) is -1.70. The van der Waals surface area contributed by atoms with Crippen LogP contribution in [-0.4, -0.2) is 48.7 Å². The van der Waals surface area contributed by atoms with Crippen LogP contribution in [0.15, 0.2) is 24.3 Å². The molecule has 2 amide bonds. The highest BCUT2D eigenvalue weighted by atomic mass is 16.2. The molecule has 1 aromatic carbocycles. The smallest absolute Gasteiger partial charge is 0.229 e. The number of Topliss-reactive ketones (excluding diaryl/α,β-unsaturated/α-hetero) is 1. The van der Waals surface area contributed by atoms with Gasteiger partial charge in [-0.2, -0.15) is 0 Å². The number of hydrogen-bond donors (Lipinski definition) is 2. The SMILES string of the molecule is C[C@]12C(=O)c3ccccc3NC(=O)[C@H]1[C@H]2C(=O)NCCN1CCCC1. The van der Waals surface area contributed by atoms with Gasteiger partial charge < -0.3 is 15.5 Å². The molecule has 0 bridgehead atoms. The first-order valence-corrected chi connectivity index (χ1v) is 8.98. The highest BCUT2D eigenvalue weighted by Gasteiger charge is 2.73. The van der Waals surface area contributed by atoms with E-state index in [-0.39, 0.29) is 17.6 Å². The summed E-state index contributed by atoms with van der Waals surface area (Å²) in [7, 11) is 0. The largest absolute Gasteiger partial charge is 0.355 e. The molecule has 2 aliphatic heterocycles. The molecular weight excluding hydrogens is 318 g/mol. The summed E-state index contributed by atoms with van der Waals surface area (Å²) in [4.78, 5) is 40.4. The average molecular weight is 341 g/mol. The molecule has 6 heteroatoms. The zero-order valence-corrected chi connectivity index (χ0v) is 14.4. The van der Waals surface area contributed by atoms with Crippen LogP contribution in [-0.2, 0) is 9.59 Å². The molecule has 0 aromatic heterocycles. The number of carbonyl (C=O) groups excluding carboxylic acids is 3. The number of likely N-dealkylation sites (tertiary alicyclic amines) is 1. The maximum atomic E-state index is 13.0.